The summed E-state index contributed by atoms with van der Waals surface area (Å²) >= 11 is 0. The summed E-state index contributed by atoms with van der Waals surface area (Å²) in [5, 5.41) is 5.71. The van der Waals surface area contributed by atoms with Gasteiger partial charge >= 0.3 is 0 Å². The summed E-state index contributed by atoms with van der Waals surface area (Å²) in [6.07, 6.45) is 0. The van der Waals surface area contributed by atoms with Crippen LogP contribution in [0, 0.1) is 17.6 Å². The Morgan fingerprint density at radius 1 is 1.26 bits per heavy atom. The molecule has 0 spiro atoms. The van der Waals surface area contributed by atoms with Crippen LogP contribution in [0.1, 0.15) is 20.8 Å². The first-order chi connectivity index (χ1) is 8.99. The van der Waals surface area contributed by atoms with E-state index in [1.54, 1.807) is 7.11 Å². The molecule has 0 radical (unpaired) electrons. The number of ether oxygens (including phenoxy) is 1. The summed E-state index contributed by atoms with van der Waals surface area (Å²) < 4.78 is 32.2. The Bertz CT molecular complexity index is 413. The Morgan fingerprint density at radius 2 is 1.89 bits per heavy atom. The highest BCUT2D eigenvalue weighted by Crippen LogP contribution is 2.20. The molecular weight excluding hydrogens is 252 g/mol. The van der Waals surface area contributed by atoms with Crippen LogP contribution in [0.5, 0.6) is 0 Å². The maximum Gasteiger partial charge on any atom is 0.168 e. The molecule has 1 atom stereocenters. The SMILES string of the molecule is CCNc1nc(NC(COC)C(C)C)c(F)cc1F. The van der Waals surface area contributed by atoms with Crippen molar-refractivity contribution < 1.29 is 13.5 Å². The van der Waals surface area contributed by atoms with E-state index in [0.717, 1.165) is 6.07 Å². The van der Waals surface area contributed by atoms with E-state index < -0.39 is 11.6 Å². The number of aromatic nitrogens is 1. The molecule has 0 fully saturated rings. The maximum atomic E-state index is 13.7. The summed E-state index contributed by atoms with van der Waals surface area (Å²) in [5.41, 5.74) is 0. The van der Waals surface area contributed by atoms with Crippen molar-refractivity contribution in [3.8, 4) is 0 Å². The van der Waals surface area contributed by atoms with Gasteiger partial charge < -0.3 is 15.4 Å². The first kappa shape index (κ1) is 15.6. The van der Waals surface area contributed by atoms with Crippen LogP contribution in [0.4, 0.5) is 20.4 Å². The van der Waals surface area contributed by atoms with E-state index in [4.69, 9.17) is 4.74 Å². The zero-order valence-corrected chi connectivity index (χ0v) is 11.8. The van der Waals surface area contributed by atoms with Crippen LogP contribution >= 0.6 is 0 Å². The first-order valence-electron chi connectivity index (χ1n) is 6.35. The lowest BCUT2D eigenvalue weighted by Gasteiger charge is -2.22. The predicted molar refractivity (Wildman–Crippen MR) is 72.4 cm³/mol. The number of halogens is 2. The highest BCUT2D eigenvalue weighted by molar-refractivity contribution is 5.48. The standard InChI is InChI=1S/C13H21F2N3O/c1-5-16-12-9(14)6-10(15)13(18-12)17-11(7-19-4)8(2)3/h6,8,11H,5,7H2,1-4H3,(H2,16,17,18). The van der Waals surface area contributed by atoms with Crippen molar-refractivity contribution in [1.29, 1.82) is 0 Å². The van der Waals surface area contributed by atoms with Crippen molar-refractivity contribution in [3.05, 3.63) is 17.7 Å². The van der Waals surface area contributed by atoms with Gasteiger partial charge in [-0.15, -0.1) is 0 Å². The van der Waals surface area contributed by atoms with Crippen molar-refractivity contribution in [2.45, 2.75) is 26.8 Å². The molecule has 2 N–H and O–H groups in total. The lowest BCUT2D eigenvalue weighted by molar-refractivity contribution is 0.171. The molecule has 0 aliphatic carbocycles. The van der Waals surface area contributed by atoms with E-state index in [2.05, 4.69) is 15.6 Å². The van der Waals surface area contributed by atoms with E-state index in [-0.39, 0.29) is 23.6 Å². The van der Waals surface area contributed by atoms with Gasteiger partial charge in [-0.25, -0.2) is 13.8 Å². The lowest BCUT2D eigenvalue weighted by Crippen LogP contribution is -2.31. The number of pyridine rings is 1. The molecule has 0 saturated carbocycles. The molecule has 0 amide bonds. The van der Waals surface area contributed by atoms with E-state index in [1.165, 1.54) is 0 Å². The van der Waals surface area contributed by atoms with E-state index in [1.807, 2.05) is 20.8 Å². The average molecular weight is 273 g/mol. The Morgan fingerprint density at radius 3 is 2.42 bits per heavy atom. The Balaban J connectivity index is 2.95. The van der Waals surface area contributed by atoms with Crippen LogP contribution in [0.15, 0.2) is 6.07 Å². The average Bonchev–Trinajstić information content (AvgIpc) is 2.34. The molecule has 0 aromatic carbocycles. The molecule has 0 aliphatic rings. The highest BCUT2D eigenvalue weighted by Gasteiger charge is 2.18. The number of hydrogen-bond donors (Lipinski definition) is 2. The predicted octanol–water partition coefficient (Wildman–Crippen LogP) is 2.87. The van der Waals surface area contributed by atoms with Crippen LogP contribution in [0.2, 0.25) is 0 Å². The minimum atomic E-state index is -0.707. The third-order valence-electron chi connectivity index (χ3n) is 2.75. The van der Waals surface area contributed by atoms with Gasteiger partial charge in [0.2, 0.25) is 0 Å². The molecule has 1 unspecified atom stereocenters. The van der Waals surface area contributed by atoms with Gasteiger partial charge in [0.05, 0.1) is 12.6 Å². The number of nitrogens with zero attached hydrogens (tertiary/aromatic N) is 1. The van der Waals surface area contributed by atoms with Crippen molar-refractivity contribution in [3.63, 3.8) is 0 Å². The summed E-state index contributed by atoms with van der Waals surface area (Å²) in [6.45, 7) is 6.74. The van der Waals surface area contributed by atoms with Crippen molar-refractivity contribution >= 4 is 11.6 Å². The van der Waals surface area contributed by atoms with Gasteiger partial charge in [0, 0.05) is 19.7 Å². The second kappa shape index (κ2) is 7.23. The zero-order chi connectivity index (χ0) is 14.4. The van der Waals surface area contributed by atoms with Gasteiger partial charge in [0.25, 0.3) is 0 Å². The molecule has 1 aromatic rings. The van der Waals surface area contributed by atoms with E-state index in [9.17, 15) is 8.78 Å². The molecule has 6 heteroatoms. The van der Waals surface area contributed by atoms with Crippen molar-refractivity contribution in [1.82, 2.24) is 4.98 Å². The van der Waals surface area contributed by atoms with E-state index >= 15 is 0 Å². The van der Waals surface area contributed by atoms with Gasteiger partial charge in [-0.3, -0.25) is 0 Å². The minimum absolute atomic E-state index is 0.0353. The Hall–Kier alpha value is -1.43. The molecular formula is C13H21F2N3O. The molecule has 19 heavy (non-hydrogen) atoms. The fourth-order valence-electron chi connectivity index (χ4n) is 1.62. The third kappa shape index (κ3) is 4.31. The van der Waals surface area contributed by atoms with Gasteiger partial charge in [-0.1, -0.05) is 13.8 Å². The normalized spacial score (nSPS) is 12.6. The number of nitrogens with one attached hydrogen (secondary N) is 2. The fraction of sp³-hybridized carbons (Fsp3) is 0.615. The molecule has 0 aliphatic heterocycles. The lowest BCUT2D eigenvalue weighted by atomic mass is 10.1. The summed E-state index contributed by atoms with van der Waals surface area (Å²) in [5.74, 6) is -1.09. The topological polar surface area (TPSA) is 46.2 Å². The number of methoxy groups -OCH3 is 1. The molecule has 0 bridgehead atoms. The van der Waals surface area contributed by atoms with Crippen LogP contribution < -0.4 is 10.6 Å². The monoisotopic (exact) mass is 273 g/mol. The Kier molecular flexibility index (Phi) is 5.95. The zero-order valence-electron chi connectivity index (χ0n) is 11.8. The fourth-order valence-corrected chi connectivity index (χ4v) is 1.62. The quantitative estimate of drug-likeness (QED) is 0.802. The van der Waals surface area contributed by atoms with Gasteiger partial charge in [-0.2, -0.15) is 0 Å². The molecule has 1 rings (SSSR count). The van der Waals surface area contributed by atoms with Gasteiger partial charge in [0.15, 0.2) is 23.3 Å². The van der Waals surface area contributed by atoms with Crippen molar-refractivity contribution in [2.75, 3.05) is 30.9 Å². The summed E-state index contributed by atoms with van der Waals surface area (Å²) in [4.78, 5) is 3.94. The number of hydrogen-bond acceptors (Lipinski definition) is 4. The first-order valence-corrected chi connectivity index (χ1v) is 6.35. The van der Waals surface area contributed by atoms with Gasteiger partial charge in [-0.05, 0) is 12.8 Å². The molecule has 1 heterocycles. The van der Waals surface area contributed by atoms with Crippen LogP contribution in [0.3, 0.4) is 0 Å². The Labute approximate surface area is 112 Å². The maximum absolute atomic E-state index is 13.7. The smallest absolute Gasteiger partial charge is 0.168 e. The molecule has 108 valence electrons. The van der Waals surface area contributed by atoms with Crippen LogP contribution in [0.25, 0.3) is 0 Å². The summed E-state index contributed by atoms with van der Waals surface area (Å²) in [7, 11) is 1.58. The van der Waals surface area contributed by atoms with Crippen molar-refractivity contribution in [2.24, 2.45) is 5.92 Å². The summed E-state index contributed by atoms with van der Waals surface area (Å²) in [6, 6.07) is 0.740. The third-order valence-corrected chi connectivity index (χ3v) is 2.75. The largest absolute Gasteiger partial charge is 0.383 e. The minimum Gasteiger partial charge on any atom is -0.383 e. The molecule has 4 nitrogen and oxygen atoms in total. The second-order valence-electron chi connectivity index (χ2n) is 4.63. The van der Waals surface area contributed by atoms with Crippen LogP contribution in [-0.4, -0.2) is 31.3 Å². The van der Waals surface area contributed by atoms with Crippen LogP contribution in [-0.2, 0) is 4.74 Å². The molecule has 0 saturated heterocycles. The van der Waals surface area contributed by atoms with Gasteiger partial charge in [0.1, 0.15) is 0 Å². The van der Waals surface area contributed by atoms with E-state index in [0.29, 0.717) is 13.2 Å². The highest BCUT2D eigenvalue weighted by atomic mass is 19.1. The molecule has 1 aromatic heterocycles. The number of rotatable bonds is 7. The second-order valence-corrected chi connectivity index (χ2v) is 4.63. The number of anilines is 2.